The molecular formula is C26H23F5N4O3. The molecule has 3 aliphatic rings. The number of hydrogen-bond donors (Lipinski definition) is 2. The van der Waals surface area contributed by atoms with Crippen LogP contribution in [0.25, 0.3) is 10.9 Å². The number of H-pyrrole nitrogens is 1. The van der Waals surface area contributed by atoms with E-state index < -0.39 is 52.8 Å². The molecule has 7 nitrogen and oxygen atoms in total. The maximum atomic E-state index is 14.9. The topological polar surface area (TPSA) is 87.3 Å². The first-order valence-corrected chi connectivity index (χ1v) is 12.2. The number of aromatic nitrogens is 2. The molecule has 3 heterocycles. The monoisotopic (exact) mass is 534 g/mol. The summed E-state index contributed by atoms with van der Waals surface area (Å²) in [6, 6.07) is 2.09. The quantitative estimate of drug-likeness (QED) is 0.479. The van der Waals surface area contributed by atoms with Crippen LogP contribution in [0.4, 0.5) is 22.0 Å². The van der Waals surface area contributed by atoms with Gasteiger partial charge in [-0.1, -0.05) is 0 Å². The SMILES string of the molecule is Cc1cc(C(=O)N2[C@@H](C(=O)NC(c3cc(F)c(C(F)(F)F)cc3F)C3COC3)C[C@H]3C[C@H]32)c2[nH]ncc2c1. The Morgan fingerprint density at radius 2 is 1.89 bits per heavy atom. The van der Waals surface area contributed by atoms with Gasteiger partial charge < -0.3 is 15.0 Å². The fraction of sp³-hybridized carbons (Fsp3) is 0.423. The number of halogens is 5. The number of amides is 2. The number of nitrogens with one attached hydrogen (secondary N) is 2. The van der Waals surface area contributed by atoms with E-state index in [4.69, 9.17) is 4.74 Å². The maximum Gasteiger partial charge on any atom is 0.419 e. The van der Waals surface area contributed by atoms with Crippen LogP contribution >= 0.6 is 0 Å². The predicted molar refractivity (Wildman–Crippen MR) is 124 cm³/mol. The molecule has 2 N–H and O–H groups in total. The molecule has 12 heteroatoms. The van der Waals surface area contributed by atoms with E-state index in [0.717, 1.165) is 17.4 Å². The van der Waals surface area contributed by atoms with Gasteiger partial charge in [-0.2, -0.15) is 18.3 Å². The zero-order valence-corrected chi connectivity index (χ0v) is 20.1. The van der Waals surface area contributed by atoms with E-state index in [1.807, 2.05) is 13.0 Å². The molecule has 1 aliphatic carbocycles. The molecule has 1 saturated carbocycles. The summed E-state index contributed by atoms with van der Waals surface area (Å²) in [5.74, 6) is -4.15. The Balaban J connectivity index is 1.29. The van der Waals surface area contributed by atoms with Gasteiger partial charge in [-0.3, -0.25) is 14.7 Å². The van der Waals surface area contributed by atoms with Crippen molar-refractivity contribution in [1.29, 1.82) is 0 Å². The van der Waals surface area contributed by atoms with E-state index in [1.165, 1.54) is 4.90 Å². The number of likely N-dealkylation sites (tertiary alicyclic amines) is 1. The van der Waals surface area contributed by atoms with Crippen LogP contribution in [0, 0.1) is 30.4 Å². The Morgan fingerprint density at radius 3 is 2.58 bits per heavy atom. The van der Waals surface area contributed by atoms with Gasteiger partial charge in [-0.05, 0) is 55.5 Å². The molecule has 2 amide bonds. The van der Waals surface area contributed by atoms with E-state index >= 15 is 0 Å². The summed E-state index contributed by atoms with van der Waals surface area (Å²) in [5, 5.41) is 10.3. The molecule has 0 bridgehead atoms. The summed E-state index contributed by atoms with van der Waals surface area (Å²) in [5.41, 5.74) is -0.335. The Bertz CT molecular complexity index is 1450. The molecule has 38 heavy (non-hydrogen) atoms. The van der Waals surface area contributed by atoms with Gasteiger partial charge >= 0.3 is 6.18 Å². The second kappa shape index (κ2) is 8.75. The largest absolute Gasteiger partial charge is 0.419 e. The molecular weight excluding hydrogens is 511 g/mol. The number of rotatable bonds is 5. The Hall–Kier alpha value is -3.54. The van der Waals surface area contributed by atoms with Crippen LogP contribution in [0.5, 0.6) is 0 Å². The van der Waals surface area contributed by atoms with E-state index in [2.05, 4.69) is 15.5 Å². The van der Waals surface area contributed by atoms with Crippen molar-refractivity contribution in [3.8, 4) is 0 Å². The molecule has 3 aromatic rings. The summed E-state index contributed by atoms with van der Waals surface area (Å²) in [7, 11) is 0. The van der Waals surface area contributed by atoms with Gasteiger partial charge in [0.2, 0.25) is 5.91 Å². The lowest BCUT2D eigenvalue weighted by atomic mass is 9.89. The van der Waals surface area contributed by atoms with Gasteiger partial charge in [0, 0.05) is 22.9 Å². The first-order chi connectivity index (χ1) is 18.0. The number of carbonyl (C=O) groups excluding carboxylic acids is 2. The molecule has 200 valence electrons. The minimum Gasteiger partial charge on any atom is -0.381 e. The smallest absolute Gasteiger partial charge is 0.381 e. The van der Waals surface area contributed by atoms with Gasteiger partial charge in [0.25, 0.3) is 5.91 Å². The minimum atomic E-state index is -5.07. The average molecular weight is 534 g/mol. The number of piperidine rings is 1. The van der Waals surface area contributed by atoms with Crippen LogP contribution in [0.3, 0.4) is 0 Å². The number of fused-ring (bicyclic) bond motifs is 2. The number of aryl methyl sites for hydroxylation is 1. The molecule has 2 saturated heterocycles. The van der Waals surface area contributed by atoms with Crippen LogP contribution < -0.4 is 5.32 Å². The number of hydrogen-bond acceptors (Lipinski definition) is 4. The Morgan fingerprint density at radius 1 is 1.13 bits per heavy atom. The highest BCUT2D eigenvalue weighted by Gasteiger charge is 2.56. The van der Waals surface area contributed by atoms with Gasteiger partial charge in [0.15, 0.2) is 0 Å². The predicted octanol–water partition coefficient (Wildman–Crippen LogP) is 4.28. The molecule has 2 aromatic carbocycles. The normalized spacial score (nSPS) is 23.7. The standard InChI is InChI=1S/C26H23F5N4O3/c1-11-2-13-8-32-34-23(13)16(3-11)25(37)35-20-4-12(20)5-21(35)24(36)33-22(14-9-38-10-14)15-6-19(28)17(7-18(15)27)26(29,30)31/h2-3,6-8,12,14,20-22H,4-5,9-10H2,1H3,(H,32,34)(H,33,36)/t12-,20-,21-,22?/m1/s1. The summed E-state index contributed by atoms with van der Waals surface area (Å²) >= 11 is 0. The first-order valence-electron chi connectivity index (χ1n) is 12.2. The molecule has 0 radical (unpaired) electrons. The fourth-order valence-electron chi connectivity index (χ4n) is 5.66. The lowest BCUT2D eigenvalue weighted by molar-refractivity contribution is -0.140. The highest BCUT2D eigenvalue weighted by atomic mass is 19.4. The van der Waals surface area contributed by atoms with Crippen LogP contribution in [0.2, 0.25) is 0 Å². The zero-order chi connectivity index (χ0) is 26.9. The second-order valence-corrected chi connectivity index (χ2v) is 10.3. The highest BCUT2D eigenvalue weighted by molar-refractivity contribution is 6.07. The molecule has 2 aliphatic heterocycles. The van der Waals surface area contributed by atoms with Gasteiger partial charge in [-0.25, -0.2) is 8.78 Å². The van der Waals surface area contributed by atoms with Crippen molar-refractivity contribution in [2.45, 2.75) is 44.1 Å². The molecule has 0 spiro atoms. The van der Waals surface area contributed by atoms with Crippen molar-refractivity contribution in [3.05, 3.63) is 64.4 Å². The molecule has 6 rings (SSSR count). The summed E-state index contributed by atoms with van der Waals surface area (Å²) in [4.78, 5) is 28.8. The van der Waals surface area contributed by atoms with Gasteiger partial charge in [0.05, 0.1) is 42.1 Å². The number of carbonyl (C=O) groups is 2. The first kappa shape index (κ1) is 24.8. The molecule has 4 atom stereocenters. The van der Waals surface area contributed by atoms with Crippen molar-refractivity contribution in [2.24, 2.45) is 11.8 Å². The highest BCUT2D eigenvalue weighted by Crippen LogP contribution is 2.49. The van der Waals surface area contributed by atoms with Crippen LogP contribution in [-0.4, -0.2) is 52.2 Å². The van der Waals surface area contributed by atoms with E-state index in [9.17, 15) is 31.5 Å². The molecule has 1 aromatic heterocycles. The minimum absolute atomic E-state index is 0.108. The lowest BCUT2D eigenvalue weighted by Crippen LogP contribution is -2.51. The van der Waals surface area contributed by atoms with Crippen LogP contribution in [0.15, 0.2) is 30.5 Å². The van der Waals surface area contributed by atoms with Crippen molar-refractivity contribution < 1.29 is 36.3 Å². The third-order valence-corrected chi connectivity index (χ3v) is 7.72. The van der Waals surface area contributed by atoms with E-state index in [-0.39, 0.29) is 37.1 Å². The van der Waals surface area contributed by atoms with Crippen molar-refractivity contribution >= 4 is 22.7 Å². The lowest BCUT2D eigenvalue weighted by Gasteiger charge is -2.36. The van der Waals surface area contributed by atoms with E-state index in [1.54, 1.807) is 12.3 Å². The van der Waals surface area contributed by atoms with Crippen molar-refractivity contribution in [2.75, 3.05) is 13.2 Å². The summed E-state index contributed by atoms with van der Waals surface area (Å²) in [6.45, 7) is 2.08. The van der Waals surface area contributed by atoms with Crippen molar-refractivity contribution in [3.63, 3.8) is 0 Å². The number of ether oxygens (including phenoxy) is 1. The number of aromatic amines is 1. The van der Waals surface area contributed by atoms with Crippen LogP contribution in [0.1, 0.15) is 45.9 Å². The molecule has 1 unspecified atom stereocenters. The Labute approximate surface area is 213 Å². The average Bonchev–Trinajstić information content (AvgIpc) is 3.23. The molecule has 3 fully saturated rings. The van der Waals surface area contributed by atoms with E-state index in [0.29, 0.717) is 23.6 Å². The van der Waals surface area contributed by atoms with Gasteiger partial charge in [0.1, 0.15) is 17.7 Å². The number of benzene rings is 2. The maximum absolute atomic E-state index is 14.9. The van der Waals surface area contributed by atoms with Crippen LogP contribution in [-0.2, 0) is 15.7 Å². The van der Waals surface area contributed by atoms with Crippen molar-refractivity contribution in [1.82, 2.24) is 20.4 Å². The summed E-state index contributed by atoms with van der Waals surface area (Å²) < 4.78 is 73.6. The summed E-state index contributed by atoms with van der Waals surface area (Å²) in [6.07, 6.45) is -2.30. The number of alkyl halides is 3. The fourth-order valence-corrected chi connectivity index (χ4v) is 5.66. The third-order valence-electron chi connectivity index (χ3n) is 7.72. The second-order valence-electron chi connectivity index (χ2n) is 10.3. The Kier molecular flexibility index (Phi) is 5.71. The zero-order valence-electron chi connectivity index (χ0n) is 20.1. The van der Waals surface area contributed by atoms with Gasteiger partial charge in [-0.15, -0.1) is 0 Å². The number of nitrogens with zero attached hydrogens (tertiary/aromatic N) is 2. The third kappa shape index (κ3) is 4.11.